The summed E-state index contributed by atoms with van der Waals surface area (Å²) in [6.07, 6.45) is 0. The first kappa shape index (κ1) is 13.0. The summed E-state index contributed by atoms with van der Waals surface area (Å²) in [6.45, 7) is 1.53. The van der Waals surface area contributed by atoms with Crippen LogP contribution >= 0.6 is 0 Å². The normalized spacial score (nSPS) is 10.2. The monoisotopic (exact) mass is 259 g/mol. The molecule has 0 fully saturated rings. The number of carbonyl (C=O) groups is 1. The molecule has 0 bridgehead atoms. The van der Waals surface area contributed by atoms with E-state index >= 15 is 0 Å². The van der Waals surface area contributed by atoms with E-state index in [1.165, 1.54) is 12.1 Å². The van der Waals surface area contributed by atoms with Gasteiger partial charge in [-0.1, -0.05) is 18.2 Å². The molecule has 1 aromatic heterocycles. The minimum absolute atomic E-state index is 0.115. The van der Waals surface area contributed by atoms with E-state index in [1.54, 1.807) is 31.2 Å². The van der Waals surface area contributed by atoms with E-state index in [1.807, 2.05) is 0 Å². The van der Waals surface area contributed by atoms with Crippen LogP contribution in [0.1, 0.15) is 21.6 Å². The highest BCUT2D eigenvalue weighted by Gasteiger charge is 2.09. The number of aromatic nitrogens is 1. The second-order valence-corrected chi connectivity index (χ2v) is 4.01. The van der Waals surface area contributed by atoms with Crippen molar-refractivity contribution in [2.24, 2.45) is 0 Å². The van der Waals surface area contributed by atoms with Crippen LogP contribution in [0.25, 0.3) is 0 Å². The van der Waals surface area contributed by atoms with Crippen molar-refractivity contribution in [2.45, 2.75) is 13.5 Å². The van der Waals surface area contributed by atoms with Gasteiger partial charge in [-0.3, -0.25) is 0 Å². The number of hydrogen-bond donors (Lipinski definition) is 2. The molecule has 2 aromatic rings. The average molecular weight is 259 g/mol. The van der Waals surface area contributed by atoms with Gasteiger partial charge in [-0.2, -0.15) is 0 Å². The number of ether oxygens (including phenoxy) is 1. The van der Waals surface area contributed by atoms with Crippen LogP contribution < -0.4 is 4.74 Å². The van der Waals surface area contributed by atoms with Gasteiger partial charge in [-0.25, -0.2) is 9.78 Å². The lowest BCUT2D eigenvalue weighted by Crippen LogP contribution is -2.00. The van der Waals surface area contributed by atoms with E-state index < -0.39 is 5.97 Å². The molecule has 98 valence electrons. The van der Waals surface area contributed by atoms with Crippen LogP contribution in [-0.2, 0) is 6.61 Å². The fourth-order valence-corrected chi connectivity index (χ4v) is 1.66. The first-order valence-electron chi connectivity index (χ1n) is 5.69. The van der Waals surface area contributed by atoms with Gasteiger partial charge >= 0.3 is 5.97 Å². The topological polar surface area (TPSA) is 79.7 Å². The predicted octanol–water partition coefficient (Wildman–Crippen LogP) is 2.37. The smallest absolute Gasteiger partial charge is 0.335 e. The van der Waals surface area contributed by atoms with Crippen molar-refractivity contribution in [1.29, 1.82) is 0 Å². The fourth-order valence-electron chi connectivity index (χ4n) is 1.66. The van der Waals surface area contributed by atoms with Gasteiger partial charge in [0.05, 0.1) is 12.2 Å². The second kappa shape index (κ2) is 5.49. The van der Waals surface area contributed by atoms with Crippen LogP contribution in [0.15, 0.2) is 36.4 Å². The Balaban J connectivity index is 2.35. The van der Waals surface area contributed by atoms with E-state index in [2.05, 4.69) is 4.98 Å². The van der Waals surface area contributed by atoms with Crippen LogP contribution in [0.3, 0.4) is 0 Å². The Bertz CT molecular complexity index is 610. The molecule has 2 rings (SSSR count). The minimum Gasteiger partial charge on any atom is -0.478 e. The first-order valence-corrected chi connectivity index (χ1v) is 5.69. The van der Waals surface area contributed by atoms with E-state index in [4.69, 9.17) is 9.84 Å². The number of aryl methyl sites for hydroxylation is 1. The Morgan fingerprint density at radius 2 is 2.05 bits per heavy atom. The van der Waals surface area contributed by atoms with Crippen LogP contribution in [0.2, 0.25) is 0 Å². The van der Waals surface area contributed by atoms with Crippen LogP contribution in [0.4, 0.5) is 0 Å². The quantitative estimate of drug-likeness (QED) is 0.881. The maximum Gasteiger partial charge on any atom is 0.335 e. The number of para-hydroxylation sites is 1. The summed E-state index contributed by atoms with van der Waals surface area (Å²) in [5, 5.41) is 18.2. The molecular weight excluding hydrogens is 246 g/mol. The highest BCUT2D eigenvalue weighted by atomic mass is 16.5. The molecule has 19 heavy (non-hydrogen) atoms. The number of aromatic carboxylic acids is 1. The van der Waals surface area contributed by atoms with Gasteiger partial charge in [0.25, 0.3) is 0 Å². The molecule has 0 aliphatic heterocycles. The summed E-state index contributed by atoms with van der Waals surface area (Å²) in [5.74, 6) is -0.386. The highest BCUT2D eigenvalue weighted by molar-refractivity contribution is 5.88. The minimum atomic E-state index is -1.04. The summed E-state index contributed by atoms with van der Waals surface area (Å²) in [6, 6.07) is 9.78. The molecular formula is C14H13NO4. The number of carboxylic acids is 1. The molecule has 0 aliphatic rings. The maximum absolute atomic E-state index is 11.0. The van der Waals surface area contributed by atoms with Crippen LogP contribution in [-0.4, -0.2) is 21.2 Å². The van der Waals surface area contributed by atoms with Gasteiger partial charge in [0.15, 0.2) is 0 Å². The summed E-state index contributed by atoms with van der Waals surface area (Å²) in [4.78, 5) is 15.1. The third-order valence-corrected chi connectivity index (χ3v) is 2.53. The molecule has 1 heterocycles. The van der Waals surface area contributed by atoms with E-state index in [9.17, 15) is 9.90 Å². The van der Waals surface area contributed by atoms with Gasteiger partial charge < -0.3 is 14.9 Å². The zero-order valence-corrected chi connectivity index (χ0v) is 10.3. The standard InChI is InChI=1S/C14H13NO4/c1-9-6-11(14(17)18)7-13(15-9)19-12-5-3-2-4-10(12)8-16/h2-7,16H,8H2,1H3,(H,17,18). The largest absolute Gasteiger partial charge is 0.478 e. The Kier molecular flexibility index (Phi) is 3.77. The zero-order valence-electron chi connectivity index (χ0n) is 10.3. The maximum atomic E-state index is 11.0. The molecule has 2 N–H and O–H groups in total. The Morgan fingerprint density at radius 1 is 1.32 bits per heavy atom. The summed E-state index contributed by atoms with van der Waals surface area (Å²) in [7, 11) is 0. The number of aliphatic hydroxyl groups is 1. The second-order valence-electron chi connectivity index (χ2n) is 4.01. The third-order valence-electron chi connectivity index (χ3n) is 2.53. The molecule has 5 heteroatoms. The Hall–Kier alpha value is -2.40. The molecule has 0 spiro atoms. The first-order chi connectivity index (χ1) is 9.10. The summed E-state index contributed by atoms with van der Waals surface area (Å²) in [5.41, 5.74) is 1.28. The lowest BCUT2D eigenvalue weighted by atomic mass is 10.2. The van der Waals surface area contributed by atoms with Crippen molar-refractivity contribution in [3.8, 4) is 11.6 Å². The van der Waals surface area contributed by atoms with Crippen LogP contribution in [0.5, 0.6) is 11.6 Å². The molecule has 0 radical (unpaired) electrons. The van der Waals surface area contributed by atoms with Gasteiger partial charge in [0, 0.05) is 17.3 Å². The number of carboxylic acid groups (broad SMARTS) is 1. The van der Waals surface area contributed by atoms with Gasteiger partial charge in [-0.05, 0) is 19.1 Å². The number of benzene rings is 1. The number of rotatable bonds is 4. The number of nitrogens with zero attached hydrogens (tertiary/aromatic N) is 1. The fraction of sp³-hybridized carbons (Fsp3) is 0.143. The predicted molar refractivity (Wildman–Crippen MR) is 68.4 cm³/mol. The zero-order chi connectivity index (χ0) is 13.8. The molecule has 0 aliphatic carbocycles. The number of pyridine rings is 1. The van der Waals surface area contributed by atoms with Gasteiger partial charge in [0.2, 0.25) is 5.88 Å². The molecule has 0 saturated carbocycles. The van der Waals surface area contributed by atoms with Crippen molar-refractivity contribution in [1.82, 2.24) is 4.98 Å². The average Bonchev–Trinajstić information content (AvgIpc) is 2.38. The van der Waals surface area contributed by atoms with Crippen molar-refractivity contribution < 1.29 is 19.7 Å². The van der Waals surface area contributed by atoms with E-state index in [0.29, 0.717) is 17.0 Å². The van der Waals surface area contributed by atoms with Gasteiger partial charge in [-0.15, -0.1) is 0 Å². The Morgan fingerprint density at radius 3 is 2.74 bits per heavy atom. The summed E-state index contributed by atoms with van der Waals surface area (Å²) < 4.78 is 5.54. The molecule has 0 amide bonds. The van der Waals surface area contributed by atoms with Crippen LogP contribution in [0, 0.1) is 6.92 Å². The van der Waals surface area contributed by atoms with Crippen molar-refractivity contribution >= 4 is 5.97 Å². The lowest BCUT2D eigenvalue weighted by molar-refractivity contribution is 0.0696. The molecule has 5 nitrogen and oxygen atoms in total. The SMILES string of the molecule is Cc1cc(C(=O)O)cc(Oc2ccccc2CO)n1. The summed E-state index contributed by atoms with van der Waals surface area (Å²) >= 11 is 0. The van der Waals surface area contributed by atoms with Gasteiger partial charge in [0.1, 0.15) is 5.75 Å². The number of hydrogen-bond acceptors (Lipinski definition) is 4. The highest BCUT2D eigenvalue weighted by Crippen LogP contribution is 2.24. The van der Waals surface area contributed by atoms with Crippen molar-refractivity contribution in [2.75, 3.05) is 0 Å². The van der Waals surface area contributed by atoms with Crippen molar-refractivity contribution in [3.05, 3.63) is 53.2 Å². The number of aliphatic hydroxyl groups excluding tert-OH is 1. The van der Waals surface area contributed by atoms with Crippen molar-refractivity contribution in [3.63, 3.8) is 0 Å². The molecule has 0 atom stereocenters. The Labute approximate surface area is 110 Å². The molecule has 0 unspecified atom stereocenters. The van der Waals surface area contributed by atoms with E-state index in [-0.39, 0.29) is 18.1 Å². The molecule has 0 saturated heterocycles. The molecule has 1 aromatic carbocycles. The third kappa shape index (κ3) is 3.08. The lowest BCUT2D eigenvalue weighted by Gasteiger charge is -2.09. The van der Waals surface area contributed by atoms with E-state index in [0.717, 1.165) is 0 Å².